The van der Waals surface area contributed by atoms with Crippen molar-refractivity contribution < 1.29 is 64.7 Å². The van der Waals surface area contributed by atoms with Crippen LogP contribution < -0.4 is 31.9 Å². The summed E-state index contributed by atoms with van der Waals surface area (Å²) in [7, 11) is 0. The van der Waals surface area contributed by atoms with Crippen molar-refractivity contribution in [2.24, 2.45) is 45.3 Å². The van der Waals surface area contributed by atoms with Crippen molar-refractivity contribution in [2.75, 3.05) is 13.1 Å². The highest BCUT2D eigenvalue weighted by Crippen LogP contribution is 2.65. The predicted molar refractivity (Wildman–Crippen MR) is 255 cm³/mol. The van der Waals surface area contributed by atoms with Crippen molar-refractivity contribution in [2.45, 2.75) is 200 Å². The van der Waals surface area contributed by atoms with E-state index in [0.29, 0.717) is 38.5 Å². The Bertz CT molecular complexity index is 2390. The van der Waals surface area contributed by atoms with Crippen LogP contribution in [0.15, 0.2) is 0 Å². The lowest BCUT2D eigenvalue weighted by molar-refractivity contribution is -0.176. The second-order valence-electron chi connectivity index (χ2n) is 25.6. The Labute approximate surface area is 433 Å². The average Bonchev–Trinajstić information content (AvgIpc) is 4.24. The number of nitrogens with zero attached hydrogens (tertiary/aromatic N) is 4. The molecule has 0 aromatic heterocycles. The fraction of sp³-hybridized carbons (Fsp3) is 0.804. The first-order valence-corrected chi connectivity index (χ1v) is 25.7. The molecule has 0 radical (unpaired) electrons. The number of fused-ring (bicyclic) bond motifs is 1. The average molecular weight is 1070 g/mol. The first kappa shape index (κ1) is 58.6. The Morgan fingerprint density at radius 3 is 1.71 bits per heavy atom. The van der Waals surface area contributed by atoms with Crippen LogP contribution in [0.25, 0.3) is 0 Å². The Hall–Kier alpha value is -5.68. The van der Waals surface area contributed by atoms with Crippen LogP contribution in [0.5, 0.6) is 0 Å². The zero-order chi connectivity index (χ0) is 56.4. The van der Waals surface area contributed by atoms with Crippen molar-refractivity contribution in [3.8, 4) is 12.1 Å². The van der Waals surface area contributed by atoms with Gasteiger partial charge in [0.15, 0.2) is 0 Å². The number of rotatable bonds is 17. The van der Waals surface area contributed by atoms with E-state index in [-0.39, 0.29) is 55.6 Å². The number of alkyl halides is 6. The molecule has 18 nitrogen and oxygen atoms in total. The zero-order valence-electron chi connectivity index (χ0n) is 44.3. The topological polar surface area (TPSA) is 263 Å². The van der Waals surface area contributed by atoms with Crippen molar-refractivity contribution in [3.63, 3.8) is 0 Å². The van der Waals surface area contributed by atoms with E-state index in [9.17, 15) is 75.2 Å². The largest absolute Gasteiger partial charge is 0.471 e. The molecule has 6 rings (SSSR count). The monoisotopic (exact) mass is 1070 g/mol. The van der Waals surface area contributed by atoms with Crippen LogP contribution in [0.4, 0.5) is 26.3 Å². The van der Waals surface area contributed by atoms with E-state index >= 15 is 0 Å². The van der Waals surface area contributed by atoms with Gasteiger partial charge in [0.05, 0.1) is 12.1 Å². The molecule has 0 bridgehead atoms. The van der Waals surface area contributed by atoms with Gasteiger partial charge < -0.3 is 41.7 Å². The normalized spacial score (nSPS) is 26.5. The van der Waals surface area contributed by atoms with Gasteiger partial charge >= 0.3 is 24.2 Å². The Morgan fingerprint density at radius 1 is 0.693 bits per heavy atom. The summed E-state index contributed by atoms with van der Waals surface area (Å²) in [5.41, 5.74) is -4.86. The molecule has 8 amide bonds. The number of piperidine rings is 3. The van der Waals surface area contributed by atoms with Crippen LogP contribution in [0.1, 0.15) is 140 Å². The van der Waals surface area contributed by atoms with Crippen molar-refractivity contribution in [3.05, 3.63) is 0 Å². The number of nitrogens with one attached hydrogen (secondary N) is 6. The first-order valence-electron chi connectivity index (χ1n) is 25.7. The smallest absolute Gasteiger partial charge is 0.350 e. The van der Waals surface area contributed by atoms with Crippen molar-refractivity contribution >= 4 is 47.3 Å². The maximum absolute atomic E-state index is 14.7. The van der Waals surface area contributed by atoms with Crippen LogP contribution in [-0.2, 0) is 38.4 Å². The molecule has 0 unspecified atom stereocenters. The molecule has 3 saturated heterocycles. The standard InChI is InChI=1S/C51H72F6N10O8/c1-44(2,3)34(63-42(74)50(52,53)54)39(71)62-31(37(69)60-28(22-58)19-26-11-13-48(15-16-48)65-36(26)68)21-46(7,8)25-67-40(72)27(12-14-49(67)17-18-49)20-29(23-59)61-38(70)33-32-30(47(32,9)10)24-66(33)41(73)35(45(4,5)6)64-43(75)51(55,56)57/h26-35H,11-21,24-25H2,1-10H3,(H,60,69)(H,61,70)(H,62,71)(H,63,74)(H,64,75)(H,65,68)/t26-,27-,28-,29-,30-,31-,32-,33-,34+,35+/m0/s1. The van der Waals surface area contributed by atoms with Gasteiger partial charge in [0, 0.05) is 36.0 Å². The number of likely N-dealkylation sites (tertiary alicyclic amines) is 2. The molecule has 0 aromatic rings. The van der Waals surface area contributed by atoms with E-state index in [1.54, 1.807) is 24.1 Å². The Balaban J connectivity index is 1.18. The number of nitriles is 2. The second-order valence-corrected chi connectivity index (χ2v) is 25.6. The minimum atomic E-state index is -5.35. The predicted octanol–water partition coefficient (Wildman–Crippen LogP) is 4.18. The quantitative estimate of drug-likeness (QED) is 0.113. The maximum Gasteiger partial charge on any atom is 0.471 e. The molecule has 2 spiro atoms. The summed E-state index contributed by atoms with van der Waals surface area (Å²) in [5, 5.41) is 35.0. The van der Waals surface area contributed by atoms with Crippen LogP contribution >= 0.6 is 0 Å². The van der Waals surface area contributed by atoms with Gasteiger partial charge in [0.25, 0.3) is 0 Å². The molecule has 24 heteroatoms. The Morgan fingerprint density at radius 2 is 1.21 bits per heavy atom. The molecule has 75 heavy (non-hydrogen) atoms. The number of hydrogen-bond acceptors (Lipinski definition) is 10. The highest BCUT2D eigenvalue weighted by molar-refractivity contribution is 5.96. The van der Waals surface area contributed by atoms with E-state index in [1.807, 2.05) is 25.2 Å². The van der Waals surface area contributed by atoms with Gasteiger partial charge in [-0.05, 0) is 104 Å². The lowest BCUT2D eigenvalue weighted by Gasteiger charge is -2.45. The lowest BCUT2D eigenvalue weighted by Crippen LogP contribution is -2.61. The summed E-state index contributed by atoms with van der Waals surface area (Å²) in [6, 6.07) is -4.65. The van der Waals surface area contributed by atoms with Crippen LogP contribution in [-0.4, -0.2) is 130 Å². The van der Waals surface area contributed by atoms with Gasteiger partial charge in [-0.15, -0.1) is 0 Å². The lowest BCUT2D eigenvalue weighted by atomic mass is 9.80. The summed E-state index contributed by atoms with van der Waals surface area (Å²) in [6.07, 6.45) is -6.16. The maximum atomic E-state index is 14.7. The highest BCUT2D eigenvalue weighted by atomic mass is 19.4. The molecular weight excluding hydrogens is 995 g/mol. The van der Waals surface area contributed by atoms with Gasteiger partial charge in [-0.3, -0.25) is 38.4 Å². The molecular formula is C51H72F6N10O8. The van der Waals surface area contributed by atoms with Crippen LogP contribution in [0.3, 0.4) is 0 Å². The number of hydrogen-bond donors (Lipinski definition) is 6. The van der Waals surface area contributed by atoms with Gasteiger partial charge in [0.2, 0.25) is 35.4 Å². The minimum Gasteiger partial charge on any atom is -0.350 e. The second kappa shape index (κ2) is 20.4. The third-order valence-electron chi connectivity index (χ3n) is 16.6. The fourth-order valence-electron chi connectivity index (χ4n) is 11.7. The minimum absolute atomic E-state index is 0.0187. The third-order valence-corrected chi connectivity index (χ3v) is 16.6. The molecule has 0 aromatic carbocycles. The van der Waals surface area contributed by atoms with E-state index < -0.39 is 129 Å². The SMILES string of the molecule is CC(C)(C[C@H](NC(=O)[C@@H](NC(=O)C(F)(F)F)C(C)(C)C)C(=O)N[C@H](C#N)C[C@@H]1CCC2(CC2)NC1=O)CN1C(=O)[C@H](C[C@@H](C#N)NC(=O)[C@@H]2[C@@H]3[C@H](CN2C(=O)[C@@H](NC(=O)C(F)(F)F)C(C)(C)C)C3(C)C)CCC12CC2. The summed E-state index contributed by atoms with van der Waals surface area (Å²) in [4.78, 5) is 111. The molecule has 6 aliphatic rings. The molecule has 6 N–H and O–H groups in total. The van der Waals surface area contributed by atoms with E-state index in [0.717, 1.165) is 12.8 Å². The van der Waals surface area contributed by atoms with Crippen LogP contribution in [0, 0.1) is 68.0 Å². The van der Waals surface area contributed by atoms with E-state index in [2.05, 4.69) is 27.3 Å². The fourth-order valence-corrected chi connectivity index (χ4v) is 11.7. The molecule has 10 atom stereocenters. The van der Waals surface area contributed by atoms with Gasteiger partial charge in [-0.2, -0.15) is 36.9 Å². The van der Waals surface area contributed by atoms with Gasteiger partial charge in [-0.25, -0.2) is 0 Å². The summed E-state index contributed by atoms with van der Waals surface area (Å²) in [5.74, 6) is -11.0. The number of carbonyl (C=O) groups excluding carboxylic acids is 8. The summed E-state index contributed by atoms with van der Waals surface area (Å²) in [6.45, 7) is 15.9. The highest BCUT2D eigenvalue weighted by Gasteiger charge is 2.70. The van der Waals surface area contributed by atoms with E-state index in [1.165, 1.54) is 46.4 Å². The zero-order valence-corrected chi connectivity index (χ0v) is 44.3. The Kier molecular flexibility index (Phi) is 15.9. The van der Waals surface area contributed by atoms with Crippen molar-refractivity contribution in [1.82, 2.24) is 41.7 Å². The molecule has 416 valence electrons. The third kappa shape index (κ3) is 13.1. The van der Waals surface area contributed by atoms with Crippen LogP contribution in [0.2, 0.25) is 0 Å². The molecule has 3 heterocycles. The molecule has 3 aliphatic carbocycles. The number of amides is 8. The van der Waals surface area contributed by atoms with E-state index in [4.69, 9.17) is 0 Å². The molecule has 3 saturated carbocycles. The van der Waals surface area contributed by atoms with Gasteiger partial charge in [-0.1, -0.05) is 69.2 Å². The molecule has 3 aliphatic heterocycles. The number of halogens is 6. The summed E-state index contributed by atoms with van der Waals surface area (Å²) < 4.78 is 80.7. The summed E-state index contributed by atoms with van der Waals surface area (Å²) >= 11 is 0. The molecule has 6 fully saturated rings. The number of carbonyl (C=O) groups is 8. The van der Waals surface area contributed by atoms with Crippen molar-refractivity contribution in [1.29, 1.82) is 10.5 Å². The first-order chi connectivity index (χ1) is 34.3. The van der Waals surface area contributed by atoms with Gasteiger partial charge in [0.1, 0.15) is 36.3 Å².